The molecule has 0 radical (unpaired) electrons. The minimum absolute atomic E-state index is 0.258. The minimum Gasteiger partial charge on any atom is -0.364 e. The van der Waals surface area contributed by atoms with Crippen molar-refractivity contribution in [3.63, 3.8) is 0 Å². The van der Waals surface area contributed by atoms with Crippen molar-refractivity contribution in [3.05, 3.63) is 52.9 Å². The van der Waals surface area contributed by atoms with Crippen LogP contribution in [0.2, 0.25) is 5.02 Å². The topological polar surface area (TPSA) is 52.0 Å². The molecular formula is C10H9ClN2O. The van der Waals surface area contributed by atoms with Crippen molar-refractivity contribution in [1.82, 2.24) is 5.16 Å². The van der Waals surface area contributed by atoms with E-state index < -0.39 is 0 Å². The summed E-state index contributed by atoms with van der Waals surface area (Å²) >= 11 is 5.77. The van der Waals surface area contributed by atoms with E-state index in [9.17, 15) is 0 Å². The van der Waals surface area contributed by atoms with Crippen LogP contribution in [0.1, 0.15) is 17.3 Å². The summed E-state index contributed by atoms with van der Waals surface area (Å²) in [6, 6.07) is 8.85. The van der Waals surface area contributed by atoms with E-state index in [-0.39, 0.29) is 6.04 Å². The van der Waals surface area contributed by atoms with Crippen molar-refractivity contribution < 1.29 is 4.52 Å². The molecule has 0 saturated carbocycles. The molecule has 0 saturated heterocycles. The van der Waals surface area contributed by atoms with Crippen molar-refractivity contribution in [2.45, 2.75) is 6.04 Å². The van der Waals surface area contributed by atoms with Gasteiger partial charge in [-0.2, -0.15) is 0 Å². The van der Waals surface area contributed by atoms with Gasteiger partial charge in [0.25, 0.3) is 0 Å². The number of halogens is 1. The molecule has 2 rings (SSSR count). The summed E-state index contributed by atoms with van der Waals surface area (Å²) in [5, 5.41) is 4.48. The van der Waals surface area contributed by atoms with Crippen molar-refractivity contribution in [2.24, 2.45) is 5.73 Å². The second kappa shape index (κ2) is 3.82. The molecule has 2 aromatic rings. The Morgan fingerprint density at radius 3 is 2.50 bits per heavy atom. The van der Waals surface area contributed by atoms with E-state index in [1.54, 1.807) is 18.2 Å². The van der Waals surface area contributed by atoms with Gasteiger partial charge in [-0.25, -0.2) is 0 Å². The van der Waals surface area contributed by atoms with Crippen LogP contribution in [-0.2, 0) is 0 Å². The average Bonchev–Trinajstić information content (AvgIpc) is 2.71. The molecule has 0 fully saturated rings. The van der Waals surface area contributed by atoms with E-state index in [0.717, 1.165) is 5.56 Å². The van der Waals surface area contributed by atoms with Gasteiger partial charge in [-0.3, -0.25) is 0 Å². The van der Waals surface area contributed by atoms with E-state index in [4.69, 9.17) is 21.9 Å². The normalized spacial score (nSPS) is 12.7. The average molecular weight is 209 g/mol. The van der Waals surface area contributed by atoms with Gasteiger partial charge < -0.3 is 10.3 Å². The largest absolute Gasteiger partial charge is 0.364 e. The molecule has 1 aromatic carbocycles. The molecule has 0 aliphatic rings. The van der Waals surface area contributed by atoms with Gasteiger partial charge in [0.2, 0.25) is 0 Å². The predicted molar refractivity (Wildman–Crippen MR) is 54.0 cm³/mol. The third kappa shape index (κ3) is 1.78. The first-order valence-electron chi connectivity index (χ1n) is 4.18. The van der Waals surface area contributed by atoms with Gasteiger partial charge >= 0.3 is 0 Å². The van der Waals surface area contributed by atoms with Crippen LogP contribution in [0.3, 0.4) is 0 Å². The van der Waals surface area contributed by atoms with Gasteiger partial charge in [-0.05, 0) is 17.7 Å². The number of nitrogens with two attached hydrogens (primary N) is 1. The second-order valence-corrected chi connectivity index (χ2v) is 3.39. The summed E-state index contributed by atoms with van der Waals surface area (Å²) in [5.74, 6) is 0. The zero-order valence-electron chi connectivity index (χ0n) is 7.35. The molecule has 3 nitrogen and oxygen atoms in total. The quantitative estimate of drug-likeness (QED) is 0.825. The molecule has 0 aliphatic heterocycles. The Labute approximate surface area is 86.5 Å². The predicted octanol–water partition coefficient (Wildman–Crippen LogP) is 2.38. The number of hydrogen-bond acceptors (Lipinski definition) is 3. The van der Waals surface area contributed by atoms with Gasteiger partial charge in [0.1, 0.15) is 12.0 Å². The molecule has 0 bridgehead atoms. The van der Waals surface area contributed by atoms with E-state index in [1.807, 2.05) is 12.1 Å². The molecule has 1 unspecified atom stereocenters. The van der Waals surface area contributed by atoms with Crippen LogP contribution in [0.25, 0.3) is 0 Å². The lowest BCUT2D eigenvalue weighted by Gasteiger charge is -2.07. The summed E-state index contributed by atoms with van der Waals surface area (Å²) in [4.78, 5) is 0. The Morgan fingerprint density at radius 1 is 1.21 bits per heavy atom. The number of hydrogen-bond donors (Lipinski definition) is 1. The van der Waals surface area contributed by atoms with Crippen molar-refractivity contribution in [3.8, 4) is 0 Å². The highest BCUT2D eigenvalue weighted by Gasteiger charge is 2.10. The fourth-order valence-corrected chi connectivity index (χ4v) is 1.35. The second-order valence-electron chi connectivity index (χ2n) is 2.95. The van der Waals surface area contributed by atoms with Crippen LogP contribution in [0.4, 0.5) is 0 Å². The molecule has 0 amide bonds. The zero-order chi connectivity index (χ0) is 9.97. The van der Waals surface area contributed by atoms with Crippen LogP contribution in [0.5, 0.6) is 0 Å². The third-order valence-electron chi connectivity index (χ3n) is 2.01. The van der Waals surface area contributed by atoms with Crippen LogP contribution < -0.4 is 5.73 Å². The Hall–Kier alpha value is -1.32. The van der Waals surface area contributed by atoms with Crippen molar-refractivity contribution in [2.75, 3.05) is 0 Å². The Balaban J connectivity index is 2.28. The molecule has 0 aliphatic carbocycles. The molecule has 1 heterocycles. The highest BCUT2D eigenvalue weighted by molar-refractivity contribution is 6.30. The molecular weight excluding hydrogens is 200 g/mol. The fourth-order valence-electron chi connectivity index (χ4n) is 1.22. The first kappa shape index (κ1) is 9.24. The molecule has 0 spiro atoms. The van der Waals surface area contributed by atoms with E-state index in [2.05, 4.69) is 5.16 Å². The zero-order valence-corrected chi connectivity index (χ0v) is 8.11. The molecule has 14 heavy (non-hydrogen) atoms. The summed E-state index contributed by atoms with van der Waals surface area (Å²) in [7, 11) is 0. The van der Waals surface area contributed by atoms with Crippen LogP contribution in [0, 0.1) is 0 Å². The molecule has 72 valence electrons. The lowest BCUT2D eigenvalue weighted by molar-refractivity contribution is 0.409. The van der Waals surface area contributed by atoms with Gasteiger partial charge in [-0.15, -0.1) is 0 Å². The summed E-state index contributed by atoms with van der Waals surface area (Å²) in [6.07, 6.45) is 1.51. The maximum absolute atomic E-state index is 5.95. The first-order valence-corrected chi connectivity index (χ1v) is 4.56. The number of benzene rings is 1. The van der Waals surface area contributed by atoms with Crippen molar-refractivity contribution >= 4 is 11.6 Å². The molecule has 2 N–H and O–H groups in total. The van der Waals surface area contributed by atoms with Crippen molar-refractivity contribution in [1.29, 1.82) is 0 Å². The van der Waals surface area contributed by atoms with E-state index in [1.165, 1.54) is 6.26 Å². The van der Waals surface area contributed by atoms with Crippen LogP contribution >= 0.6 is 11.6 Å². The highest BCUT2D eigenvalue weighted by Crippen LogP contribution is 2.19. The SMILES string of the molecule is NC(c1ccc(Cl)cc1)c1ccon1. The highest BCUT2D eigenvalue weighted by atomic mass is 35.5. The lowest BCUT2D eigenvalue weighted by Crippen LogP contribution is -2.11. The summed E-state index contributed by atoms with van der Waals surface area (Å²) in [6.45, 7) is 0. The monoisotopic (exact) mass is 208 g/mol. The molecule has 1 atom stereocenters. The van der Waals surface area contributed by atoms with Crippen LogP contribution in [-0.4, -0.2) is 5.16 Å². The lowest BCUT2D eigenvalue weighted by atomic mass is 10.1. The third-order valence-corrected chi connectivity index (χ3v) is 2.26. The minimum atomic E-state index is -0.258. The van der Waals surface area contributed by atoms with E-state index in [0.29, 0.717) is 10.7 Å². The molecule has 4 heteroatoms. The van der Waals surface area contributed by atoms with Crippen LogP contribution in [0.15, 0.2) is 41.1 Å². The first-order chi connectivity index (χ1) is 6.77. The molecule has 1 aromatic heterocycles. The summed E-state index contributed by atoms with van der Waals surface area (Å²) < 4.78 is 4.72. The number of nitrogens with zero attached hydrogens (tertiary/aromatic N) is 1. The van der Waals surface area contributed by atoms with Gasteiger partial charge in [0.15, 0.2) is 0 Å². The smallest absolute Gasteiger partial charge is 0.124 e. The Morgan fingerprint density at radius 2 is 1.93 bits per heavy atom. The number of rotatable bonds is 2. The summed E-state index contributed by atoms with van der Waals surface area (Å²) in [5.41, 5.74) is 7.62. The maximum atomic E-state index is 5.95. The van der Waals surface area contributed by atoms with Gasteiger partial charge in [-0.1, -0.05) is 28.9 Å². The Kier molecular flexibility index (Phi) is 2.52. The Bertz CT molecular complexity index is 397. The van der Waals surface area contributed by atoms with Gasteiger partial charge in [0, 0.05) is 11.1 Å². The number of aromatic nitrogens is 1. The van der Waals surface area contributed by atoms with E-state index >= 15 is 0 Å². The fraction of sp³-hybridized carbons (Fsp3) is 0.100. The van der Waals surface area contributed by atoms with Gasteiger partial charge in [0.05, 0.1) is 6.04 Å². The standard InChI is InChI=1S/C10H9ClN2O/c11-8-3-1-7(2-4-8)10(12)9-5-6-14-13-9/h1-6,10H,12H2. The maximum Gasteiger partial charge on any atom is 0.124 e.